The summed E-state index contributed by atoms with van der Waals surface area (Å²) in [6.45, 7) is 2.02. The quantitative estimate of drug-likeness (QED) is 0.439. The molecule has 0 amide bonds. The minimum absolute atomic E-state index is 0.0139. The molecular weight excluding hydrogens is 120 g/mol. The van der Waals surface area contributed by atoms with Crippen LogP contribution in [0.3, 0.4) is 0 Å². The molecule has 3 heteroatoms. The van der Waals surface area contributed by atoms with Gasteiger partial charge in [0.2, 0.25) is 5.76 Å². The fraction of sp³-hybridized carbons (Fsp3) is 0.667. The second-order valence-corrected chi connectivity index (χ2v) is 2.08. The number of ether oxygens (including phenoxy) is 1. The summed E-state index contributed by atoms with van der Waals surface area (Å²) in [5, 5.41) is 16.8. The van der Waals surface area contributed by atoms with E-state index >= 15 is 0 Å². The van der Waals surface area contributed by atoms with Crippen molar-refractivity contribution >= 4 is 0 Å². The molecule has 0 saturated carbocycles. The number of rotatable bonds is 2. The summed E-state index contributed by atoms with van der Waals surface area (Å²) in [5.41, 5.74) is 0. The predicted molar refractivity (Wildman–Crippen MR) is 32.1 cm³/mol. The first-order valence-electron chi connectivity index (χ1n) is 3.04. The lowest BCUT2D eigenvalue weighted by Gasteiger charge is -1.80. The van der Waals surface area contributed by atoms with Gasteiger partial charge >= 0.3 is 5.95 Å². The summed E-state index contributed by atoms with van der Waals surface area (Å²) in [6, 6.07) is 0. The van der Waals surface area contributed by atoms with Crippen molar-refractivity contribution in [2.75, 3.05) is 0 Å². The third-order valence-electron chi connectivity index (χ3n) is 1.28. The number of hydrogen-bond donors (Lipinski definition) is 2. The monoisotopic (exact) mass is 130 g/mol. The molecule has 1 aliphatic rings. The van der Waals surface area contributed by atoms with E-state index in [1.54, 1.807) is 0 Å². The SMILES string of the molecule is CCCC1OC1=C(O)O. The number of aliphatic hydroxyl groups is 2. The smallest absolute Gasteiger partial charge is 0.318 e. The van der Waals surface area contributed by atoms with Crippen LogP contribution in [0.5, 0.6) is 0 Å². The highest BCUT2D eigenvalue weighted by Crippen LogP contribution is 2.32. The molecule has 0 aromatic rings. The molecule has 0 aromatic carbocycles. The fourth-order valence-electron chi connectivity index (χ4n) is 0.768. The lowest BCUT2D eigenvalue weighted by molar-refractivity contribution is 0.181. The van der Waals surface area contributed by atoms with Gasteiger partial charge in [-0.05, 0) is 6.42 Å². The third kappa shape index (κ3) is 1.28. The van der Waals surface area contributed by atoms with Crippen LogP contribution in [0.15, 0.2) is 11.7 Å². The molecule has 3 nitrogen and oxygen atoms in total. The van der Waals surface area contributed by atoms with Gasteiger partial charge in [-0.3, -0.25) is 0 Å². The highest BCUT2D eigenvalue weighted by atomic mass is 16.6. The first-order valence-corrected chi connectivity index (χ1v) is 3.04. The van der Waals surface area contributed by atoms with Crippen LogP contribution in [0, 0.1) is 0 Å². The Morgan fingerprint density at radius 1 is 1.67 bits per heavy atom. The molecule has 0 radical (unpaired) electrons. The molecule has 1 unspecified atom stereocenters. The van der Waals surface area contributed by atoms with Crippen LogP contribution in [0.4, 0.5) is 0 Å². The van der Waals surface area contributed by atoms with Gasteiger partial charge in [0.05, 0.1) is 0 Å². The fourth-order valence-corrected chi connectivity index (χ4v) is 0.768. The van der Waals surface area contributed by atoms with Crippen molar-refractivity contribution in [1.82, 2.24) is 0 Å². The number of epoxide rings is 1. The molecule has 0 aliphatic carbocycles. The number of aliphatic hydroxyl groups excluding tert-OH is 1. The third-order valence-corrected chi connectivity index (χ3v) is 1.28. The molecule has 1 aliphatic heterocycles. The van der Waals surface area contributed by atoms with Crippen molar-refractivity contribution in [2.24, 2.45) is 0 Å². The van der Waals surface area contributed by atoms with Crippen LogP contribution < -0.4 is 0 Å². The molecule has 1 rings (SSSR count). The molecule has 0 aromatic heterocycles. The summed E-state index contributed by atoms with van der Waals surface area (Å²) < 4.78 is 4.80. The number of hydrogen-bond acceptors (Lipinski definition) is 3. The van der Waals surface area contributed by atoms with Gasteiger partial charge < -0.3 is 14.9 Å². The van der Waals surface area contributed by atoms with E-state index in [1.165, 1.54) is 0 Å². The zero-order valence-electron chi connectivity index (χ0n) is 5.29. The van der Waals surface area contributed by atoms with Gasteiger partial charge in [0.15, 0.2) is 6.10 Å². The predicted octanol–water partition coefficient (Wildman–Crippen LogP) is 1.47. The normalized spacial score (nSPS) is 23.2. The molecular formula is C6H10O3. The van der Waals surface area contributed by atoms with E-state index in [2.05, 4.69) is 0 Å². The standard InChI is InChI=1S/C6H10O3/c1-2-3-4-5(9-4)6(7)8/h4,7-8H,2-3H2,1H3. The van der Waals surface area contributed by atoms with Crippen LogP contribution in [0.1, 0.15) is 19.8 Å². The Balaban J connectivity index is 2.32. The maximum Gasteiger partial charge on any atom is 0.318 e. The summed E-state index contributed by atoms with van der Waals surface area (Å²) >= 11 is 0. The Kier molecular flexibility index (Phi) is 1.51. The molecule has 1 saturated heterocycles. The van der Waals surface area contributed by atoms with Crippen molar-refractivity contribution in [2.45, 2.75) is 25.9 Å². The van der Waals surface area contributed by atoms with E-state index in [0.29, 0.717) is 5.76 Å². The van der Waals surface area contributed by atoms with Crippen LogP contribution in [-0.2, 0) is 4.74 Å². The van der Waals surface area contributed by atoms with Gasteiger partial charge in [-0.1, -0.05) is 13.3 Å². The van der Waals surface area contributed by atoms with Crippen molar-refractivity contribution < 1.29 is 14.9 Å². The largest absolute Gasteiger partial charge is 0.479 e. The Bertz CT molecular complexity index is 135. The zero-order chi connectivity index (χ0) is 6.85. The highest BCUT2D eigenvalue weighted by Gasteiger charge is 2.36. The van der Waals surface area contributed by atoms with Crippen LogP contribution in [0.2, 0.25) is 0 Å². The first kappa shape index (κ1) is 6.26. The summed E-state index contributed by atoms with van der Waals surface area (Å²) in [6.07, 6.45) is 1.86. The van der Waals surface area contributed by atoms with E-state index in [0.717, 1.165) is 12.8 Å². The lowest BCUT2D eigenvalue weighted by atomic mass is 10.2. The minimum Gasteiger partial charge on any atom is -0.479 e. The minimum atomic E-state index is -0.659. The first-order chi connectivity index (χ1) is 4.25. The molecule has 1 heterocycles. The van der Waals surface area contributed by atoms with E-state index in [1.807, 2.05) is 6.92 Å². The molecule has 1 fully saturated rings. The molecule has 0 bridgehead atoms. The second kappa shape index (κ2) is 2.17. The maximum atomic E-state index is 8.40. The second-order valence-electron chi connectivity index (χ2n) is 2.08. The van der Waals surface area contributed by atoms with E-state index in [9.17, 15) is 0 Å². The van der Waals surface area contributed by atoms with Gasteiger partial charge in [0.1, 0.15) is 0 Å². The van der Waals surface area contributed by atoms with Crippen molar-refractivity contribution in [3.63, 3.8) is 0 Å². The van der Waals surface area contributed by atoms with E-state index in [-0.39, 0.29) is 6.10 Å². The Morgan fingerprint density at radius 2 is 2.33 bits per heavy atom. The Morgan fingerprint density at radius 3 is 2.67 bits per heavy atom. The molecule has 0 spiro atoms. The molecule has 52 valence electrons. The van der Waals surface area contributed by atoms with Crippen LogP contribution >= 0.6 is 0 Å². The van der Waals surface area contributed by atoms with Gasteiger partial charge in [0.25, 0.3) is 0 Å². The molecule has 1 atom stereocenters. The van der Waals surface area contributed by atoms with Crippen LogP contribution in [0.25, 0.3) is 0 Å². The van der Waals surface area contributed by atoms with Gasteiger partial charge in [-0.25, -0.2) is 0 Å². The highest BCUT2D eigenvalue weighted by molar-refractivity contribution is 5.12. The van der Waals surface area contributed by atoms with Crippen molar-refractivity contribution in [3.05, 3.63) is 11.7 Å². The van der Waals surface area contributed by atoms with E-state index < -0.39 is 5.95 Å². The molecule has 9 heavy (non-hydrogen) atoms. The zero-order valence-corrected chi connectivity index (χ0v) is 5.29. The van der Waals surface area contributed by atoms with Crippen LogP contribution in [-0.4, -0.2) is 16.3 Å². The Labute approximate surface area is 53.6 Å². The van der Waals surface area contributed by atoms with Crippen molar-refractivity contribution in [3.8, 4) is 0 Å². The summed E-state index contributed by atoms with van der Waals surface area (Å²) in [5.74, 6) is -0.315. The van der Waals surface area contributed by atoms with E-state index in [4.69, 9.17) is 14.9 Å². The maximum absolute atomic E-state index is 8.40. The Hall–Kier alpha value is -0.860. The summed E-state index contributed by atoms with van der Waals surface area (Å²) in [4.78, 5) is 0. The average Bonchev–Trinajstić information content (AvgIpc) is 2.47. The molecule has 2 N–H and O–H groups in total. The van der Waals surface area contributed by atoms with Crippen molar-refractivity contribution in [1.29, 1.82) is 0 Å². The topological polar surface area (TPSA) is 53.0 Å². The average molecular weight is 130 g/mol. The lowest BCUT2D eigenvalue weighted by Crippen LogP contribution is -1.83. The van der Waals surface area contributed by atoms with Gasteiger partial charge in [-0.2, -0.15) is 0 Å². The van der Waals surface area contributed by atoms with Gasteiger partial charge in [0, 0.05) is 0 Å². The van der Waals surface area contributed by atoms with Gasteiger partial charge in [-0.15, -0.1) is 0 Å². The summed E-state index contributed by atoms with van der Waals surface area (Å²) in [7, 11) is 0.